The Hall–Kier alpha value is -1.89. The highest BCUT2D eigenvalue weighted by Crippen LogP contribution is 2.40. The van der Waals surface area contributed by atoms with Gasteiger partial charge in [-0.2, -0.15) is 0 Å². The first kappa shape index (κ1) is 17.0. The minimum absolute atomic E-state index is 0.0757. The molecule has 2 heterocycles. The molecule has 132 valence electrons. The SMILES string of the molecule is COCC(=O)NC1(CC2CC2)CCN(C(=O)c2ocnc2C)CC1. The zero-order valence-electron chi connectivity index (χ0n) is 14.3. The molecule has 3 rings (SSSR count). The van der Waals surface area contributed by atoms with Crippen molar-refractivity contribution in [3.05, 3.63) is 17.8 Å². The smallest absolute Gasteiger partial charge is 0.291 e. The summed E-state index contributed by atoms with van der Waals surface area (Å²) in [7, 11) is 1.52. The van der Waals surface area contributed by atoms with Gasteiger partial charge in [-0.3, -0.25) is 9.59 Å². The second kappa shape index (κ2) is 6.93. The van der Waals surface area contributed by atoms with E-state index in [1.165, 1.54) is 26.3 Å². The fourth-order valence-electron chi connectivity index (χ4n) is 3.51. The van der Waals surface area contributed by atoms with Crippen molar-refractivity contribution in [1.29, 1.82) is 0 Å². The molecule has 1 N–H and O–H groups in total. The third-order valence-corrected chi connectivity index (χ3v) is 5.00. The minimum atomic E-state index is -0.218. The van der Waals surface area contributed by atoms with Gasteiger partial charge in [0.25, 0.3) is 5.91 Å². The summed E-state index contributed by atoms with van der Waals surface area (Å²) in [5, 5.41) is 3.17. The number of aryl methyl sites for hydroxylation is 1. The van der Waals surface area contributed by atoms with E-state index < -0.39 is 0 Å². The van der Waals surface area contributed by atoms with Crippen molar-refractivity contribution >= 4 is 11.8 Å². The molecular weight excluding hydrogens is 310 g/mol. The normalized spacial score (nSPS) is 20.0. The fraction of sp³-hybridized carbons (Fsp3) is 0.706. The largest absolute Gasteiger partial charge is 0.438 e. The van der Waals surface area contributed by atoms with E-state index in [-0.39, 0.29) is 24.0 Å². The van der Waals surface area contributed by atoms with Crippen LogP contribution < -0.4 is 5.32 Å². The van der Waals surface area contributed by atoms with Crippen LogP contribution in [-0.4, -0.2) is 54.0 Å². The second-order valence-corrected chi connectivity index (χ2v) is 6.97. The van der Waals surface area contributed by atoms with E-state index in [2.05, 4.69) is 10.3 Å². The van der Waals surface area contributed by atoms with Crippen LogP contribution in [0.3, 0.4) is 0 Å². The molecule has 1 saturated heterocycles. The van der Waals surface area contributed by atoms with Crippen LogP contribution in [0.5, 0.6) is 0 Å². The van der Waals surface area contributed by atoms with Gasteiger partial charge < -0.3 is 19.4 Å². The van der Waals surface area contributed by atoms with E-state index in [9.17, 15) is 9.59 Å². The van der Waals surface area contributed by atoms with Crippen molar-refractivity contribution in [2.45, 2.75) is 44.6 Å². The first-order chi connectivity index (χ1) is 11.5. The summed E-state index contributed by atoms with van der Waals surface area (Å²) < 4.78 is 10.2. The van der Waals surface area contributed by atoms with Gasteiger partial charge in [0.15, 0.2) is 6.39 Å². The van der Waals surface area contributed by atoms with Crippen LogP contribution in [0.4, 0.5) is 0 Å². The van der Waals surface area contributed by atoms with Crippen molar-refractivity contribution in [2.24, 2.45) is 5.92 Å². The fourth-order valence-corrected chi connectivity index (χ4v) is 3.51. The van der Waals surface area contributed by atoms with Crippen molar-refractivity contribution in [1.82, 2.24) is 15.2 Å². The van der Waals surface area contributed by atoms with E-state index in [1.807, 2.05) is 0 Å². The average Bonchev–Trinajstić information content (AvgIpc) is 3.25. The number of aromatic nitrogens is 1. The van der Waals surface area contributed by atoms with Crippen LogP contribution in [0.1, 0.15) is 48.4 Å². The highest BCUT2D eigenvalue weighted by Gasteiger charge is 2.41. The van der Waals surface area contributed by atoms with Gasteiger partial charge in [-0.15, -0.1) is 0 Å². The molecule has 0 aromatic carbocycles. The quantitative estimate of drug-likeness (QED) is 0.852. The average molecular weight is 335 g/mol. The number of hydrogen-bond donors (Lipinski definition) is 1. The summed E-state index contributed by atoms with van der Waals surface area (Å²) in [5.41, 5.74) is 0.396. The summed E-state index contributed by atoms with van der Waals surface area (Å²) in [6, 6.07) is 0. The summed E-state index contributed by atoms with van der Waals surface area (Å²) in [6.45, 7) is 3.06. The lowest BCUT2D eigenvalue weighted by atomic mass is 9.82. The molecule has 0 bridgehead atoms. The van der Waals surface area contributed by atoms with Crippen LogP contribution in [0.25, 0.3) is 0 Å². The molecule has 24 heavy (non-hydrogen) atoms. The van der Waals surface area contributed by atoms with E-state index in [0.717, 1.165) is 19.3 Å². The number of amides is 2. The number of methoxy groups -OCH3 is 1. The number of likely N-dealkylation sites (tertiary alicyclic amines) is 1. The second-order valence-electron chi connectivity index (χ2n) is 6.97. The molecular formula is C17H25N3O4. The topological polar surface area (TPSA) is 84.7 Å². The van der Waals surface area contributed by atoms with E-state index in [4.69, 9.17) is 9.15 Å². The molecule has 0 spiro atoms. The van der Waals surface area contributed by atoms with Gasteiger partial charge in [0.05, 0.1) is 5.69 Å². The Morgan fingerprint density at radius 3 is 2.67 bits per heavy atom. The molecule has 1 aliphatic carbocycles. The first-order valence-corrected chi connectivity index (χ1v) is 8.52. The summed E-state index contributed by atoms with van der Waals surface area (Å²) >= 11 is 0. The lowest BCUT2D eigenvalue weighted by molar-refractivity contribution is -0.127. The predicted octanol–water partition coefficient (Wildman–Crippen LogP) is 1.52. The number of ether oxygens (including phenoxy) is 1. The maximum Gasteiger partial charge on any atom is 0.291 e. The van der Waals surface area contributed by atoms with Gasteiger partial charge in [0, 0.05) is 25.7 Å². The molecule has 1 aromatic rings. The Morgan fingerprint density at radius 2 is 2.12 bits per heavy atom. The maximum atomic E-state index is 12.5. The minimum Gasteiger partial charge on any atom is -0.438 e. The van der Waals surface area contributed by atoms with Crippen molar-refractivity contribution in [3.8, 4) is 0 Å². The van der Waals surface area contributed by atoms with Crippen LogP contribution in [0.15, 0.2) is 10.8 Å². The molecule has 1 saturated carbocycles. The highest BCUT2D eigenvalue weighted by atomic mass is 16.5. The number of piperidine rings is 1. The molecule has 2 fully saturated rings. The third kappa shape index (κ3) is 3.77. The standard InChI is InChI=1S/C17H25N3O4/c1-12-15(24-11-18-12)16(22)20-7-5-17(6-8-20,9-13-3-4-13)19-14(21)10-23-2/h11,13H,3-10H2,1-2H3,(H,19,21). The van der Waals surface area contributed by atoms with Crippen molar-refractivity contribution in [2.75, 3.05) is 26.8 Å². The van der Waals surface area contributed by atoms with Crippen LogP contribution in [0.2, 0.25) is 0 Å². The number of hydrogen-bond acceptors (Lipinski definition) is 5. The van der Waals surface area contributed by atoms with Gasteiger partial charge in [-0.05, 0) is 32.1 Å². The Labute approximate surface area is 141 Å². The van der Waals surface area contributed by atoms with Crippen LogP contribution >= 0.6 is 0 Å². The highest BCUT2D eigenvalue weighted by molar-refractivity contribution is 5.92. The Morgan fingerprint density at radius 1 is 1.42 bits per heavy atom. The lowest BCUT2D eigenvalue weighted by Gasteiger charge is -2.42. The van der Waals surface area contributed by atoms with Gasteiger partial charge in [-0.25, -0.2) is 4.98 Å². The summed E-state index contributed by atoms with van der Waals surface area (Å²) in [4.78, 5) is 30.3. The summed E-state index contributed by atoms with van der Waals surface area (Å²) in [6.07, 6.45) is 6.29. The molecule has 1 aliphatic heterocycles. The van der Waals surface area contributed by atoms with Crippen molar-refractivity contribution in [3.63, 3.8) is 0 Å². The molecule has 2 amide bonds. The van der Waals surface area contributed by atoms with Gasteiger partial charge in [0.1, 0.15) is 6.61 Å². The first-order valence-electron chi connectivity index (χ1n) is 8.52. The summed E-state index contributed by atoms with van der Waals surface area (Å²) in [5.74, 6) is 0.817. The molecule has 7 nitrogen and oxygen atoms in total. The third-order valence-electron chi connectivity index (χ3n) is 5.00. The molecule has 7 heteroatoms. The predicted molar refractivity (Wildman–Crippen MR) is 86.5 cm³/mol. The number of oxazole rings is 1. The number of carbonyl (C=O) groups excluding carboxylic acids is 2. The van der Waals surface area contributed by atoms with Crippen LogP contribution in [-0.2, 0) is 9.53 Å². The zero-order valence-corrected chi connectivity index (χ0v) is 14.3. The van der Waals surface area contributed by atoms with E-state index in [0.29, 0.717) is 30.5 Å². The monoisotopic (exact) mass is 335 g/mol. The maximum absolute atomic E-state index is 12.5. The molecule has 0 radical (unpaired) electrons. The Bertz CT molecular complexity index is 601. The van der Waals surface area contributed by atoms with E-state index in [1.54, 1.807) is 11.8 Å². The van der Waals surface area contributed by atoms with Crippen LogP contribution in [0, 0.1) is 12.8 Å². The lowest BCUT2D eigenvalue weighted by Crippen LogP contribution is -2.57. The Kier molecular flexibility index (Phi) is 4.89. The molecule has 1 aromatic heterocycles. The zero-order chi connectivity index (χ0) is 17.2. The number of rotatable bonds is 6. The molecule has 0 unspecified atom stereocenters. The molecule has 2 aliphatic rings. The van der Waals surface area contributed by atoms with Crippen molar-refractivity contribution < 1.29 is 18.7 Å². The van der Waals surface area contributed by atoms with Gasteiger partial charge in [0.2, 0.25) is 11.7 Å². The Balaban J connectivity index is 1.64. The number of nitrogens with zero attached hydrogens (tertiary/aromatic N) is 2. The van der Waals surface area contributed by atoms with E-state index >= 15 is 0 Å². The number of nitrogens with one attached hydrogen (secondary N) is 1. The number of carbonyl (C=O) groups is 2. The van der Waals surface area contributed by atoms with Gasteiger partial charge >= 0.3 is 0 Å². The molecule has 0 atom stereocenters. The van der Waals surface area contributed by atoms with Gasteiger partial charge in [-0.1, -0.05) is 12.8 Å².